The van der Waals surface area contributed by atoms with Crippen molar-refractivity contribution < 1.29 is 9.59 Å². The fourth-order valence-corrected chi connectivity index (χ4v) is 2.94. The molecule has 146 valence electrons. The van der Waals surface area contributed by atoms with Crippen LogP contribution in [0.2, 0.25) is 0 Å². The minimum Gasteiger partial charge on any atom is -0.359 e. The molecule has 8 heteroatoms. The number of nitrogens with one attached hydrogen (secondary N) is 3. The molecule has 3 N–H and O–H groups in total. The van der Waals surface area contributed by atoms with Gasteiger partial charge in [-0.1, -0.05) is 23.8 Å². The maximum atomic E-state index is 11.9. The number of benzene rings is 1. The molecule has 0 aromatic heterocycles. The molecule has 1 aromatic rings. The van der Waals surface area contributed by atoms with Gasteiger partial charge in [-0.15, -0.1) is 6.58 Å². The van der Waals surface area contributed by atoms with Gasteiger partial charge in [0.05, 0.1) is 0 Å². The van der Waals surface area contributed by atoms with Crippen LogP contribution in [-0.4, -0.2) is 72.5 Å². The lowest BCUT2D eigenvalue weighted by molar-refractivity contribution is -0.136. The van der Waals surface area contributed by atoms with Crippen LogP contribution < -0.4 is 16.0 Å². The summed E-state index contributed by atoms with van der Waals surface area (Å²) in [7, 11) is 0. The molecule has 1 heterocycles. The highest BCUT2D eigenvalue weighted by Crippen LogP contribution is 2.08. The third kappa shape index (κ3) is 6.99. The fraction of sp³-hybridized carbons (Fsp3) is 0.421. The molecule has 1 fully saturated rings. The van der Waals surface area contributed by atoms with Crippen LogP contribution in [0.4, 0.5) is 5.69 Å². The SMILES string of the molecule is C=CCNC(=S)N1CCN(CCNC(=O)C(=O)Nc2ccc(C)cc2)CC1. The van der Waals surface area contributed by atoms with E-state index in [-0.39, 0.29) is 0 Å². The average molecular weight is 390 g/mol. The molecule has 27 heavy (non-hydrogen) atoms. The van der Waals surface area contributed by atoms with E-state index in [0.717, 1.165) is 36.9 Å². The van der Waals surface area contributed by atoms with E-state index in [4.69, 9.17) is 12.2 Å². The highest BCUT2D eigenvalue weighted by molar-refractivity contribution is 7.80. The van der Waals surface area contributed by atoms with Crippen molar-refractivity contribution in [3.8, 4) is 0 Å². The molecular weight excluding hydrogens is 362 g/mol. The maximum Gasteiger partial charge on any atom is 0.313 e. The van der Waals surface area contributed by atoms with Crippen molar-refractivity contribution in [1.82, 2.24) is 20.4 Å². The van der Waals surface area contributed by atoms with Crippen LogP contribution >= 0.6 is 12.2 Å². The summed E-state index contributed by atoms with van der Waals surface area (Å²) >= 11 is 5.34. The van der Waals surface area contributed by atoms with E-state index in [1.807, 2.05) is 19.1 Å². The second-order valence-electron chi connectivity index (χ2n) is 6.38. The van der Waals surface area contributed by atoms with Gasteiger partial charge in [-0.05, 0) is 31.3 Å². The topological polar surface area (TPSA) is 76.7 Å². The lowest BCUT2D eigenvalue weighted by Crippen LogP contribution is -2.53. The van der Waals surface area contributed by atoms with Gasteiger partial charge in [-0.25, -0.2) is 0 Å². The molecular formula is C19H27N5O2S. The van der Waals surface area contributed by atoms with E-state index in [2.05, 4.69) is 32.3 Å². The van der Waals surface area contributed by atoms with E-state index < -0.39 is 11.8 Å². The molecule has 0 unspecified atom stereocenters. The standard InChI is InChI=1S/C19H27N5O2S/c1-3-8-21-19(27)24-13-11-23(12-14-24)10-9-20-17(25)18(26)22-16-6-4-15(2)5-7-16/h3-7H,1,8-14H2,2H3,(H,20,25)(H,21,27)(H,22,26). The summed E-state index contributed by atoms with van der Waals surface area (Å²) in [6, 6.07) is 7.31. The van der Waals surface area contributed by atoms with E-state index in [9.17, 15) is 9.59 Å². The van der Waals surface area contributed by atoms with Crippen molar-refractivity contribution in [3.05, 3.63) is 42.5 Å². The summed E-state index contributed by atoms with van der Waals surface area (Å²) in [4.78, 5) is 28.2. The maximum absolute atomic E-state index is 11.9. The highest BCUT2D eigenvalue weighted by Gasteiger charge is 2.19. The van der Waals surface area contributed by atoms with Crippen molar-refractivity contribution in [2.45, 2.75) is 6.92 Å². The minimum atomic E-state index is -0.651. The quantitative estimate of drug-likeness (QED) is 0.378. The molecule has 0 spiro atoms. The second-order valence-corrected chi connectivity index (χ2v) is 6.77. The van der Waals surface area contributed by atoms with Crippen LogP contribution in [0.25, 0.3) is 0 Å². The van der Waals surface area contributed by atoms with Crippen molar-refractivity contribution in [1.29, 1.82) is 0 Å². The van der Waals surface area contributed by atoms with Gasteiger partial charge in [0.25, 0.3) is 0 Å². The Balaban J connectivity index is 1.64. The summed E-state index contributed by atoms with van der Waals surface area (Å²) in [5, 5.41) is 9.14. The van der Waals surface area contributed by atoms with Crippen molar-refractivity contribution >= 4 is 34.8 Å². The molecule has 0 bridgehead atoms. The molecule has 2 rings (SSSR count). The predicted octanol–water partition coefficient (Wildman–Crippen LogP) is 0.728. The molecule has 0 aliphatic carbocycles. The van der Waals surface area contributed by atoms with Gasteiger partial charge < -0.3 is 20.9 Å². The van der Waals surface area contributed by atoms with Crippen LogP contribution in [0.5, 0.6) is 0 Å². The Morgan fingerprint density at radius 1 is 1.11 bits per heavy atom. The van der Waals surface area contributed by atoms with E-state index >= 15 is 0 Å². The zero-order chi connectivity index (χ0) is 19.6. The molecule has 1 aromatic carbocycles. The van der Waals surface area contributed by atoms with Crippen LogP contribution in [0.15, 0.2) is 36.9 Å². The number of rotatable bonds is 6. The third-order valence-electron chi connectivity index (χ3n) is 4.29. The number of nitrogens with zero attached hydrogens (tertiary/aromatic N) is 2. The lowest BCUT2D eigenvalue weighted by Gasteiger charge is -2.36. The smallest absolute Gasteiger partial charge is 0.313 e. The molecule has 0 saturated carbocycles. The highest BCUT2D eigenvalue weighted by atomic mass is 32.1. The summed E-state index contributed by atoms with van der Waals surface area (Å²) < 4.78 is 0. The number of aryl methyl sites for hydroxylation is 1. The zero-order valence-electron chi connectivity index (χ0n) is 15.7. The van der Waals surface area contributed by atoms with Crippen LogP contribution in [-0.2, 0) is 9.59 Å². The first-order valence-corrected chi connectivity index (χ1v) is 9.42. The molecule has 2 amide bonds. The summed E-state index contributed by atoms with van der Waals surface area (Å²) in [5.41, 5.74) is 1.70. The lowest BCUT2D eigenvalue weighted by atomic mass is 10.2. The largest absolute Gasteiger partial charge is 0.359 e. The first kappa shape index (κ1) is 20.9. The third-order valence-corrected chi connectivity index (χ3v) is 4.69. The normalized spacial score (nSPS) is 14.3. The van der Waals surface area contributed by atoms with Crippen LogP contribution in [0, 0.1) is 6.92 Å². The van der Waals surface area contributed by atoms with Crippen molar-refractivity contribution in [2.75, 3.05) is 51.1 Å². The first-order chi connectivity index (χ1) is 13.0. The molecule has 0 atom stereocenters. The Hall–Kier alpha value is -2.45. The number of anilines is 1. The van der Waals surface area contributed by atoms with Gasteiger partial charge in [0, 0.05) is 51.5 Å². The number of thiocarbonyl (C=S) groups is 1. The fourth-order valence-electron chi connectivity index (χ4n) is 2.68. The average Bonchev–Trinajstić information content (AvgIpc) is 2.68. The summed E-state index contributed by atoms with van der Waals surface area (Å²) in [5.74, 6) is -1.27. The van der Waals surface area contributed by atoms with Gasteiger partial charge in [-0.2, -0.15) is 0 Å². The van der Waals surface area contributed by atoms with Gasteiger partial charge in [0.1, 0.15) is 0 Å². The van der Waals surface area contributed by atoms with E-state index in [1.54, 1.807) is 18.2 Å². The molecule has 1 saturated heterocycles. The zero-order valence-corrected chi connectivity index (χ0v) is 16.5. The Kier molecular flexibility index (Phi) is 8.22. The number of carbonyl (C=O) groups excluding carboxylic acids is 2. The summed E-state index contributed by atoms with van der Waals surface area (Å²) in [6.07, 6.45) is 1.78. The van der Waals surface area contributed by atoms with E-state index in [0.29, 0.717) is 25.3 Å². The molecule has 0 radical (unpaired) electrons. The molecule has 7 nitrogen and oxygen atoms in total. The van der Waals surface area contributed by atoms with Gasteiger partial charge >= 0.3 is 11.8 Å². The van der Waals surface area contributed by atoms with Gasteiger partial charge in [-0.3, -0.25) is 14.5 Å². The monoisotopic (exact) mass is 389 g/mol. The summed E-state index contributed by atoms with van der Waals surface area (Å²) in [6.45, 7) is 10.8. The van der Waals surface area contributed by atoms with Gasteiger partial charge in [0.2, 0.25) is 0 Å². The van der Waals surface area contributed by atoms with Crippen molar-refractivity contribution in [3.63, 3.8) is 0 Å². The minimum absolute atomic E-state index is 0.430. The van der Waals surface area contributed by atoms with Crippen LogP contribution in [0.1, 0.15) is 5.56 Å². The number of hydrogen-bond acceptors (Lipinski definition) is 4. The number of piperazine rings is 1. The number of amides is 2. The number of carbonyl (C=O) groups is 2. The Bertz CT molecular complexity index is 669. The van der Waals surface area contributed by atoms with E-state index in [1.165, 1.54) is 0 Å². The predicted molar refractivity (Wildman–Crippen MR) is 112 cm³/mol. The molecule has 1 aliphatic heterocycles. The Morgan fingerprint density at radius 2 is 1.78 bits per heavy atom. The number of hydrogen-bond donors (Lipinski definition) is 3. The van der Waals surface area contributed by atoms with Gasteiger partial charge in [0.15, 0.2) is 5.11 Å². The Labute approximate surface area is 165 Å². The molecule has 1 aliphatic rings. The Morgan fingerprint density at radius 3 is 2.41 bits per heavy atom. The van der Waals surface area contributed by atoms with Crippen LogP contribution in [0.3, 0.4) is 0 Å². The van der Waals surface area contributed by atoms with Crippen molar-refractivity contribution in [2.24, 2.45) is 0 Å². The first-order valence-electron chi connectivity index (χ1n) is 9.01. The second kappa shape index (κ2) is 10.6.